The Morgan fingerprint density at radius 2 is 1.55 bits per heavy atom. The Bertz CT molecular complexity index is 1040. The lowest BCUT2D eigenvalue weighted by Crippen LogP contribution is -2.45. The van der Waals surface area contributed by atoms with Gasteiger partial charge in [-0.3, -0.25) is 14.4 Å². The van der Waals surface area contributed by atoms with Crippen LogP contribution < -0.4 is 16.0 Å². The molecule has 1 aliphatic carbocycles. The number of anilines is 2. The standard InChI is InChI=1S/C24H23N3O4/c28-22(17-8-9-17)25-18-10-12-19(13-11-18)26-23(29)20(15-16-5-2-1-3-6-16)27-24(30)21-7-4-14-31-21/h1-7,10-14,17,20H,8-9,15H2,(H,25,28)(H,26,29)(H,27,30). The van der Waals surface area contributed by atoms with Gasteiger partial charge in [-0.25, -0.2) is 0 Å². The van der Waals surface area contributed by atoms with Gasteiger partial charge in [0.15, 0.2) is 5.76 Å². The van der Waals surface area contributed by atoms with E-state index in [1.54, 1.807) is 36.4 Å². The van der Waals surface area contributed by atoms with Gasteiger partial charge in [-0.05, 0) is 54.8 Å². The fourth-order valence-electron chi connectivity index (χ4n) is 3.15. The quantitative estimate of drug-likeness (QED) is 0.521. The molecule has 1 fully saturated rings. The van der Waals surface area contributed by atoms with E-state index in [9.17, 15) is 14.4 Å². The van der Waals surface area contributed by atoms with Gasteiger partial charge in [0, 0.05) is 23.7 Å². The van der Waals surface area contributed by atoms with E-state index >= 15 is 0 Å². The molecular weight excluding hydrogens is 394 g/mol. The van der Waals surface area contributed by atoms with Crippen LogP contribution in [0.4, 0.5) is 11.4 Å². The molecule has 7 nitrogen and oxygen atoms in total. The van der Waals surface area contributed by atoms with Gasteiger partial charge in [0.1, 0.15) is 6.04 Å². The first-order chi connectivity index (χ1) is 15.1. The average Bonchev–Trinajstić information content (AvgIpc) is 3.49. The molecule has 0 spiro atoms. The van der Waals surface area contributed by atoms with Crippen LogP contribution in [0.3, 0.4) is 0 Å². The first kappa shape index (κ1) is 20.4. The third-order valence-electron chi connectivity index (χ3n) is 5.02. The van der Waals surface area contributed by atoms with Crippen molar-refractivity contribution in [2.75, 3.05) is 10.6 Å². The fraction of sp³-hybridized carbons (Fsp3) is 0.208. The minimum absolute atomic E-state index is 0.0281. The van der Waals surface area contributed by atoms with Crippen molar-refractivity contribution in [1.29, 1.82) is 0 Å². The zero-order valence-electron chi connectivity index (χ0n) is 16.8. The lowest BCUT2D eigenvalue weighted by Gasteiger charge is -2.18. The monoisotopic (exact) mass is 417 g/mol. The van der Waals surface area contributed by atoms with Crippen molar-refractivity contribution in [3.63, 3.8) is 0 Å². The van der Waals surface area contributed by atoms with Gasteiger partial charge >= 0.3 is 0 Å². The first-order valence-corrected chi connectivity index (χ1v) is 10.2. The molecular formula is C24H23N3O4. The summed E-state index contributed by atoms with van der Waals surface area (Å²) in [6.07, 6.45) is 3.61. The molecule has 0 saturated heterocycles. The molecule has 2 aromatic carbocycles. The number of hydrogen-bond acceptors (Lipinski definition) is 4. The van der Waals surface area contributed by atoms with Gasteiger partial charge < -0.3 is 20.4 Å². The third-order valence-corrected chi connectivity index (χ3v) is 5.02. The van der Waals surface area contributed by atoms with Crippen LogP contribution in [-0.2, 0) is 16.0 Å². The summed E-state index contributed by atoms with van der Waals surface area (Å²) in [7, 11) is 0. The van der Waals surface area contributed by atoms with E-state index in [1.165, 1.54) is 6.26 Å². The highest BCUT2D eigenvalue weighted by Gasteiger charge is 2.29. The van der Waals surface area contributed by atoms with Gasteiger partial charge in [0.2, 0.25) is 11.8 Å². The summed E-state index contributed by atoms with van der Waals surface area (Å²) < 4.78 is 5.13. The summed E-state index contributed by atoms with van der Waals surface area (Å²) in [4.78, 5) is 37.3. The van der Waals surface area contributed by atoms with Crippen molar-refractivity contribution in [1.82, 2.24) is 5.32 Å². The molecule has 31 heavy (non-hydrogen) atoms. The van der Waals surface area contributed by atoms with Crippen molar-refractivity contribution >= 4 is 29.1 Å². The van der Waals surface area contributed by atoms with Crippen LogP contribution >= 0.6 is 0 Å². The number of amides is 3. The van der Waals surface area contributed by atoms with Crippen LogP contribution in [0.15, 0.2) is 77.4 Å². The molecule has 3 N–H and O–H groups in total. The highest BCUT2D eigenvalue weighted by molar-refractivity contribution is 6.00. The Hall–Kier alpha value is -3.87. The number of carbonyl (C=O) groups is 3. The molecule has 1 aliphatic rings. The van der Waals surface area contributed by atoms with Crippen molar-refractivity contribution in [3.05, 3.63) is 84.3 Å². The molecule has 0 radical (unpaired) electrons. The van der Waals surface area contributed by atoms with Crippen molar-refractivity contribution < 1.29 is 18.8 Å². The van der Waals surface area contributed by atoms with E-state index in [2.05, 4.69) is 16.0 Å². The zero-order chi connectivity index (χ0) is 21.6. The maximum atomic E-state index is 13.0. The second-order valence-corrected chi connectivity index (χ2v) is 7.52. The molecule has 1 saturated carbocycles. The summed E-state index contributed by atoms with van der Waals surface area (Å²) in [5.74, 6) is -0.518. The van der Waals surface area contributed by atoms with Gasteiger partial charge in [0.25, 0.3) is 5.91 Å². The summed E-state index contributed by atoms with van der Waals surface area (Å²) in [6, 6.07) is 18.7. The van der Waals surface area contributed by atoms with Crippen LogP contribution in [0, 0.1) is 5.92 Å². The maximum Gasteiger partial charge on any atom is 0.287 e. The number of carbonyl (C=O) groups excluding carboxylic acids is 3. The highest BCUT2D eigenvalue weighted by atomic mass is 16.3. The van der Waals surface area contributed by atoms with E-state index in [1.807, 2.05) is 30.3 Å². The third kappa shape index (κ3) is 5.60. The lowest BCUT2D eigenvalue weighted by molar-refractivity contribution is -0.118. The average molecular weight is 417 g/mol. The molecule has 0 aliphatic heterocycles. The Morgan fingerprint density at radius 1 is 0.871 bits per heavy atom. The Morgan fingerprint density at radius 3 is 2.16 bits per heavy atom. The predicted octanol–water partition coefficient (Wildman–Crippen LogP) is 3.61. The van der Waals surface area contributed by atoms with Crippen LogP contribution in [0.2, 0.25) is 0 Å². The van der Waals surface area contributed by atoms with Crippen LogP contribution in [0.5, 0.6) is 0 Å². The van der Waals surface area contributed by atoms with Crippen molar-refractivity contribution in [2.45, 2.75) is 25.3 Å². The molecule has 1 atom stereocenters. The molecule has 0 bridgehead atoms. The molecule has 1 aromatic heterocycles. The lowest BCUT2D eigenvalue weighted by atomic mass is 10.0. The first-order valence-electron chi connectivity index (χ1n) is 10.2. The van der Waals surface area contributed by atoms with Crippen LogP contribution in [0.1, 0.15) is 29.0 Å². The van der Waals surface area contributed by atoms with E-state index in [-0.39, 0.29) is 23.5 Å². The van der Waals surface area contributed by atoms with Gasteiger partial charge in [-0.1, -0.05) is 30.3 Å². The molecule has 4 rings (SSSR count). The van der Waals surface area contributed by atoms with Crippen molar-refractivity contribution in [3.8, 4) is 0 Å². The number of rotatable bonds is 8. The smallest absolute Gasteiger partial charge is 0.287 e. The van der Waals surface area contributed by atoms with Crippen molar-refractivity contribution in [2.24, 2.45) is 5.92 Å². The molecule has 7 heteroatoms. The topological polar surface area (TPSA) is 100 Å². The SMILES string of the molecule is O=C(NC(Cc1ccccc1)C(=O)Nc1ccc(NC(=O)C2CC2)cc1)c1ccco1. The van der Waals surface area contributed by atoms with E-state index in [0.29, 0.717) is 17.8 Å². The highest BCUT2D eigenvalue weighted by Crippen LogP contribution is 2.30. The Balaban J connectivity index is 1.43. The molecule has 3 aromatic rings. The molecule has 1 heterocycles. The van der Waals surface area contributed by atoms with E-state index < -0.39 is 11.9 Å². The number of furan rings is 1. The molecule has 158 valence electrons. The van der Waals surface area contributed by atoms with Crippen LogP contribution in [-0.4, -0.2) is 23.8 Å². The fourth-order valence-corrected chi connectivity index (χ4v) is 3.15. The Labute approximate surface area is 179 Å². The largest absolute Gasteiger partial charge is 0.459 e. The number of benzene rings is 2. The second-order valence-electron chi connectivity index (χ2n) is 7.52. The number of nitrogens with one attached hydrogen (secondary N) is 3. The van der Waals surface area contributed by atoms with Crippen LogP contribution in [0.25, 0.3) is 0 Å². The Kier molecular flexibility index (Phi) is 6.12. The summed E-state index contributed by atoms with van der Waals surface area (Å²) in [5.41, 5.74) is 2.17. The number of hydrogen-bond donors (Lipinski definition) is 3. The minimum atomic E-state index is -0.797. The molecule has 1 unspecified atom stereocenters. The zero-order valence-corrected chi connectivity index (χ0v) is 16.8. The van der Waals surface area contributed by atoms with Gasteiger partial charge in [-0.15, -0.1) is 0 Å². The van der Waals surface area contributed by atoms with E-state index in [0.717, 1.165) is 18.4 Å². The predicted molar refractivity (Wildman–Crippen MR) is 117 cm³/mol. The minimum Gasteiger partial charge on any atom is -0.459 e. The normalized spacial score (nSPS) is 13.8. The van der Waals surface area contributed by atoms with E-state index in [4.69, 9.17) is 4.42 Å². The summed E-state index contributed by atoms with van der Waals surface area (Å²) in [5, 5.41) is 8.44. The second kappa shape index (κ2) is 9.30. The molecule has 3 amide bonds. The van der Waals surface area contributed by atoms with Gasteiger partial charge in [-0.2, -0.15) is 0 Å². The maximum absolute atomic E-state index is 13.0. The summed E-state index contributed by atoms with van der Waals surface area (Å²) >= 11 is 0. The van der Waals surface area contributed by atoms with Gasteiger partial charge in [0.05, 0.1) is 6.26 Å². The summed E-state index contributed by atoms with van der Waals surface area (Å²) in [6.45, 7) is 0.